The Morgan fingerprint density at radius 3 is 2.29 bits per heavy atom. The van der Waals surface area contributed by atoms with E-state index in [0.29, 0.717) is 0 Å². The molecule has 0 atom stereocenters. The monoisotopic (exact) mass is 289 g/mol. The SMILES string of the molecule is N/C(=C\C(=O)/C=C\c1ccccc1)C(Cl)(Cl)Cl. The summed E-state index contributed by atoms with van der Waals surface area (Å²) in [7, 11) is 0. The van der Waals surface area contributed by atoms with Gasteiger partial charge in [0.2, 0.25) is 3.79 Å². The molecule has 0 heterocycles. The van der Waals surface area contributed by atoms with E-state index < -0.39 is 3.79 Å². The van der Waals surface area contributed by atoms with Crippen LogP contribution in [-0.4, -0.2) is 9.58 Å². The maximum absolute atomic E-state index is 11.5. The highest BCUT2D eigenvalue weighted by molar-refractivity contribution is 6.69. The van der Waals surface area contributed by atoms with Crippen LogP contribution in [0.5, 0.6) is 0 Å². The molecule has 0 unspecified atom stereocenters. The van der Waals surface area contributed by atoms with E-state index in [-0.39, 0.29) is 11.5 Å². The maximum Gasteiger partial charge on any atom is 0.230 e. The Balaban J connectivity index is 2.72. The smallest absolute Gasteiger partial charge is 0.230 e. The van der Waals surface area contributed by atoms with Crippen molar-refractivity contribution in [3.8, 4) is 0 Å². The lowest BCUT2D eigenvalue weighted by atomic mass is 10.2. The molecule has 5 heteroatoms. The Morgan fingerprint density at radius 2 is 1.76 bits per heavy atom. The van der Waals surface area contributed by atoms with Gasteiger partial charge in [0, 0.05) is 6.08 Å². The molecule has 0 saturated carbocycles. The van der Waals surface area contributed by atoms with E-state index in [1.165, 1.54) is 6.08 Å². The van der Waals surface area contributed by atoms with Gasteiger partial charge in [-0.2, -0.15) is 0 Å². The molecular weight excluding hydrogens is 280 g/mol. The summed E-state index contributed by atoms with van der Waals surface area (Å²) < 4.78 is -1.75. The van der Waals surface area contributed by atoms with Gasteiger partial charge >= 0.3 is 0 Å². The Kier molecular flexibility index (Phi) is 5.06. The average Bonchev–Trinajstić information content (AvgIpc) is 2.26. The molecule has 90 valence electrons. The van der Waals surface area contributed by atoms with Gasteiger partial charge in [0.05, 0.1) is 5.70 Å². The van der Waals surface area contributed by atoms with Crippen molar-refractivity contribution in [2.75, 3.05) is 0 Å². The highest BCUT2D eigenvalue weighted by atomic mass is 35.6. The number of hydrogen-bond acceptors (Lipinski definition) is 2. The minimum Gasteiger partial charge on any atom is -0.398 e. The van der Waals surface area contributed by atoms with Crippen LogP contribution >= 0.6 is 34.8 Å². The van der Waals surface area contributed by atoms with E-state index in [1.54, 1.807) is 6.08 Å². The minimum absolute atomic E-state index is 0.106. The van der Waals surface area contributed by atoms with Crippen LogP contribution in [0.1, 0.15) is 5.56 Å². The van der Waals surface area contributed by atoms with Gasteiger partial charge in [-0.3, -0.25) is 4.79 Å². The molecule has 0 radical (unpaired) electrons. The average molecular weight is 291 g/mol. The Labute approximate surface area is 115 Å². The highest BCUT2D eigenvalue weighted by Gasteiger charge is 2.23. The molecule has 1 rings (SSSR count). The van der Waals surface area contributed by atoms with Gasteiger partial charge < -0.3 is 5.73 Å². The molecule has 0 amide bonds. The van der Waals surface area contributed by atoms with Crippen molar-refractivity contribution in [3.05, 3.63) is 53.7 Å². The molecular formula is C12H10Cl3NO. The van der Waals surface area contributed by atoms with Gasteiger partial charge in [-0.15, -0.1) is 0 Å². The van der Waals surface area contributed by atoms with Crippen LogP contribution in [0.15, 0.2) is 48.2 Å². The topological polar surface area (TPSA) is 43.1 Å². The summed E-state index contributed by atoms with van der Waals surface area (Å²) in [6.45, 7) is 0. The summed E-state index contributed by atoms with van der Waals surface area (Å²) in [6, 6.07) is 9.36. The van der Waals surface area contributed by atoms with Gasteiger partial charge in [0.1, 0.15) is 0 Å². The highest BCUT2D eigenvalue weighted by Crippen LogP contribution is 2.31. The van der Waals surface area contributed by atoms with Crippen LogP contribution < -0.4 is 5.73 Å². The maximum atomic E-state index is 11.5. The summed E-state index contributed by atoms with van der Waals surface area (Å²) in [4.78, 5) is 11.5. The molecule has 0 fully saturated rings. The first kappa shape index (κ1) is 14.1. The Bertz CT molecular complexity index is 447. The number of rotatable bonds is 3. The van der Waals surface area contributed by atoms with Gasteiger partial charge in [-0.1, -0.05) is 71.2 Å². The van der Waals surface area contributed by atoms with Gasteiger partial charge in [0.25, 0.3) is 0 Å². The molecule has 0 bridgehead atoms. The number of alkyl halides is 3. The molecule has 17 heavy (non-hydrogen) atoms. The van der Waals surface area contributed by atoms with Crippen molar-refractivity contribution in [3.63, 3.8) is 0 Å². The van der Waals surface area contributed by atoms with Crippen molar-refractivity contribution in [2.24, 2.45) is 5.73 Å². The molecule has 0 aliphatic carbocycles. The van der Waals surface area contributed by atoms with Crippen LogP contribution in [0, 0.1) is 0 Å². The number of hydrogen-bond donors (Lipinski definition) is 1. The minimum atomic E-state index is -1.75. The summed E-state index contributed by atoms with van der Waals surface area (Å²) in [5.74, 6) is -0.335. The van der Waals surface area contributed by atoms with Crippen molar-refractivity contribution in [1.82, 2.24) is 0 Å². The molecule has 1 aromatic rings. The summed E-state index contributed by atoms with van der Waals surface area (Å²) >= 11 is 16.5. The zero-order chi connectivity index (χ0) is 12.9. The Morgan fingerprint density at radius 1 is 1.18 bits per heavy atom. The molecule has 2 nitrogen and oxygen atoms in total. The molecule has 2 N–H and O–H groups in total. The van der Waals surface area contributed by atoms with E-state index in [2.05, 4.69) is 0 Å². The predicted molar refractivity (Wildman–Crippen MR) is 73.0 cm³/mol. The molecule has 1 aromatic carbocycles. The predicted octanol–water partition coefficient (Wildman–Crippen LogP) is 3.48. The third-order valence-corrected chi connectivity index (χ3v) is 2.52. The van der Waals surface area contributed by atoms with Crippen molar-refractivity contribution < 1.29 is 4.79 Å². The van der Waals surface area contributed by atoms with E-state index in [9.17, 15) is 4.79 Å². The number of allylic oxidation sites excluding steroid dienone is 3. The van der Waals surface area contributed by atoms with Gasteiger partial charge in [-0.25, -0.2) is 0 Å². The fourth-order valence-electron chi connectivity index (χ4n) is 1.03. The van der Waals surface area contributed by atoms with Crippen LogP contribution in [0.2, 0.25) is 0 Å². The van der Waals surface area contributed by atoms with Crippen molar-refractivity contribution in [1.29, 1.82) is 0 Å². The third-order valence-electron chi connectivity index (χ3n) is 1.86. The fourth-order valence-corrected chi connectivity index (χ4v) is 1.19. The lowest BCUT2D eigenvalue weighted by Crippen LogP contribution is -2.16. The quantitative estimate of drug-likeness (QED) is 0.684. The third kappa shape index (κ3) is 5.26. The number of benzene rings is 1. The molecule has 0 spiro atoms. The number of ketones is 1. The molecule has 0 saturated heterocycles. The van der Waals surface area contributed by atoms with Crippen LogP contribution in [0.4, 0.5) is 0 Å². The molecule has 0 aliphatic rings. The molecule has 0 aliphatic heterocycles. The van der Waals surface area contributed by atoms with Crippen molar-refractivity contribution in [2.45, 2.75) is 3.79 Å². The van der Waals surface area contributed by atoms with E-state index >= 15 is 0 Å². The standard InChI is InChI=1S/C12H10Cl3NO/c13-12(14,15)11(16)8-10(17)7-6-9-4-2-1-3-5-9/h1-8H,16H2/b7-6-,11-8-. The van der Waals surface area contributed by atoms with E-state index in [1.807, 2.05) is 30.3 Å². The van der Waals surface area contributed by atoms with Gasteiger partial charge in [-0.05, 0) is 11.6 Å². The zero-order valence-electron chi connectivity index (χ0n) is 8.74. The zero-order valence-corrected chi connectivity index (χ0v) is 11.0. The van der Waals surface area contributed by atoms with Gasteiger partial charge in [0.15, 0.2) is 5.78 Å². The van der Waals surface area contributed by atoms with Crippen LogP contribution in [-0.2, 0) is 4.79 Å². The summed E-state index contributed by atoms with van der Waals surface area (Å²) in [5, 5.41) is 0. The fraction of sp³-hybridized carbons (Fsp3) is 0.0833. The first-order valence-electron chi connectivity index (χ1n) is 4.71. The van der Waals surface area contributed by atoms with E-state index in [0.717, 1.165) is 11.6 Å². The summed E-state index contributed by atoms with van der Waals surface area (Å²) in [6.07, 6.45) is 4.11. The number of nitrogens with two attached hydrogens (primary N) is 1. The Hall–Kier alpha value is -0.960. The number of carbonyl (C=O) groups excluding carboxylic acids is 1. The lowest BCUT2D eigenvalue weighted by Gasteiger charge is -2.09. The number of halogens is 3. The first-order valence-corrected chi connectivity index (χ1v) is 5.84. The second-order valence-corrected chi connectivity index (χ2v) is 5.53. The van der Waals surface area contributed by atoms with Crippen molar-refractivity contribution >= 4 is 46.7 Å². The summed E-state index contributed by atoms with van der Waals surface area (Å²) in [5.41, 5.74) is 6.23. The second-order valence-electron chi connectivity index (χ2n) is 3.24. The van der Waals surface area contributed by atoms with E-state index in [4.69, 9.17) is 40.5 Å². The molecule has 0 aromatic heterocycles. The van der Waals surface area contributed by atoms with Crippen LogP contribution in [0.3, 0.4) is 0 Å². The largest absolute Gasteiger partial charge is 0.398 e. The lowest BCUT2D eigenvalue weighted by molar-refractivity contribution is -0.110. The second kappa shape index (κ2) is 6.10. The first-order chi connectivity index (χ1) is 7.89. The normalized spacial score (nSPS) is 13.0. The van der Waals surface area contributed by atoms with Crippen LogP contribution in [0.25, 0.3) is 6.08 Å². The number of carbonyl (C=O) groups is 1.